The quantitative estimate of drug-likeness (QED) is 0.683. The molecule has 2 rings (SSSR count). The summed E-state index contributed by atoms with van der Waals surface area (Å²) < 4.78 is 43.5. The van der Waals surface area contributed by atoms with Gasteiger partial charge in [0.2, 0.25) is 0 Å². The molecule has 5 nitrogen and oxygen atoms in total. The van der Waals surface area contributed by atoms with Crippen molar-refractivity contribution in [3.63, 3.8) is 0 Å². The van der Waals surface area contributed by atoms with Gasteiger partial charge in [0.15, 0.2) is 0 Å². The Hall–Kier alpha value is -1.93. The summed E-state index contributed by atoms with van der Waals surface area (Å²) in [4.78, 5) is 12.1. The average molecular weight is 409 g/mol. The minimum atomic E-state index is -2.57. The second-order valence-corrected chi connectivity index (χ2v) is 9.13. The molecule has 0 atom stereocenters. The zero-order chi connectivity index (χ0) is 22.0. The number of hydrogen-bond acceptors (Lipinski definition) is 4. The van der Waals surface area contributed by atoms with E-state index in [0.29, 0.717) is 11.0 Å². The van der Waals surface area contributed by atoms with Gasteiger partial charge in [-0.2, -0.15) is 0 Å². The predicted molar refractivity (Wildman–Crippen MR) is 110 cm³/mol. The van der Waals surface area contributed by atoms with Crippen molar-refractivity contribution in [2.75, 3.05) is 6.54 Å². The second kappa shape index (κ2) is 8.44. The first kappa shape index (κ1) is 23.4. The number of halogens is 2. The van der Waals surface area contributed by atoms with Crippen molar-refractivity contribution in [1.29, 1.82) is 0 Å². The van der Waals surface area contributed by atoms with E-state index in [4.69, 9.17) is 14.0 Å². The number of rotatable bonds is 5. The summed E-state index contributed by atoms with van der Waals surface area (Å²) >= 11 is 0. The Morgan fingerprint density at radius 2 is 1.79 bits per heavy atom. The maximum Gasteiger partial charge on any atom is 0.492 e. The van der Waals surface area contributed by atoms with E-state index < -0.39 is 36.4 Å². The molecular weight excluding hydrogens is 379 g/mol. The fourth-order valence-corrected chi connectivity index (χ4v) is 2.68. The standard InChI is InChI=1S/C21H30BF2NO4/c1-19(2,3)27-18(26)25-13-16(22-28-20(4,5)21(6,7)29-22)12-14-9-8-10-15(11-14)17(23)24/h8-12,17H,13H2,1-7H3,(H,25,26). The van der Waals surface area contributed by atoms with Crippen molar-refractivity contribution < 1.29 is 27.6 Å². The maximum absolute atomic E-state index is 13.1. The molecule has 1 saturated heterocycles. The lowest BCUT2D eigenvalue weighted by molar-refractivity contribution is 0.00578. The number of alkyl carbamates (subject to hydrolysis) is 1. The van der Waals surface area contributed by atoms with Crippen LogP contribution in [0.25, 0.3) is 6.08 Å². The van der Waals surface area contributed by atoms with Gasteiger partial charge < -0.3 is 19.4 Å². The molecular formula is C21H30BF2NO4. The number of nitrogens with one attached hydrogen (secondary N) is 1. The molecule has 8 heteroatoms. The number of carbonyl (C=O) groups excluding carboxylic acids is 1. The maximum atomic E-state index is 13.1. The molecule has 160 valence electrons. The molecule has 0 aromatic heterocycles. The first-order chi connectivity index (χ1) is 13.2. The van der Waals surface area contributed by atoms with Gasteiger partial charge in [-0.15, -0.1) is 0 Å². The summed E-state index contributed by atoms with van der Waals surface area (Å²) in [5.41, 5.74) is -0.697. The lowest BCUT2D eigenvalue weighted by Gasteiger charge is -2.32. The van der Waals surface area contributed by atoms with E-state index in [1.807, 2.05) is 27.7 Å². The van der Waals surface area contributed by atoms with Crippen molar-refractivity contribution in [3.8, 4) is 0 Å². The molecule has 29 heavy (non-hydrogen) atoms. The Kier molecular flexibility index (Phi) is 6.80. The van der Waals surface area contributed by atoms with Crippen LogP contribution in [0.5, 0.6) is 0 Å². The Morgan fingerprint density at radius 3 is 2.31 bits per heavy atom. The van der Waals surface area contributed by atoms with Gasteiger partial charge >= 0.3 is 13.2 Å². The Bertz CT molecular complexity index is 756. The van der Waals surface area contributed by atoms with Crippen molar-refractivity contribution in [1.82, 2.24) is 5.32 Å². The normalized spacial score (nSPS) is 18.8. The highest BCUT2D eigenvalue weighted by atomic mass is 19.3. The van der Waals surface area contributed by atoms with Crippen LogP contribution in [0.3, 0.4) is 0 Å². The third kappa shape index (κ3) is 6.28. The van der Waals surface area contributed by atoms with Gasteiger partial charge in [0, 0.05) is 12.1 Å². The zero-order valence-electron chi connectivity index (χ0n) is 18.1. The molecule has 1 heterocycles. The first-order valence-electron chi connectivity index (χ1n) is 9.61. The van der Waals surface area contributed by atoms with Crippen LogP contribution in [-0.4, -0.2) is 36.6 Å². The van der Waals surface area contributed by atoms with Crippen molar-refractivity contribution in [2.45, 2.75) is 71.7 Å². The monoisotopic (exact) mass is 409 g/mol. The summed E-state index contributed by atoms with van der Waals surface area (Å²) in [5, 5.41) is 2.69. The summed E-state index contributed by atoms with van der Waals surface area (Å²) in [6, 6.07) is 6.06. The van der Waals surface area contributed by atoms with E-state index in [0.717, 1.165) is 0 Å². The van der Waals surface area contributed by atoms with Crippen LogP contribution in [0.15, 0.2) is 29.7 Å². The van der Waals surface area contributed by atoms with Crippen LogP contribution in [0.1, 0.15) is 66.0 Å². The van der Waals surface area contributed by atoms with Crippen molar-refractivity contribution >= 4 is 19.3 Å². The highest BCUT2D eigenvalue weighted by Crippen LogP contribution is 2.38. The van der Waals surface area contributed by atoms with E-state index >= 15 is 0 Å². The topological polar surface area (TPSA) is 56.8 Å². The molecule has 1 aliphatic heterocycles. The van der Waals surface area contributed by atoms with E-state index in [1.165, 1.54) is 12.1 Å². The molecule has 0 aliphatic carbocycles. The minimum absolute atomic E-state index is 0.0767. The smallest absolute Gasteiger partial charge is 0.444 e. The fourth-order valence-electron chi connectivity index (χ4n) is 2.68. The predicted octanol–water partition coefficient (Wildman–Crippen LogP) is 5.16. The van der Waals surface area contributed by atoms with E-state index in [9.17, 15) is 13.6 Å². The van der Waals surface area contributed by atoms with Gasteiger partial charge in [-0.05, 0) is 65.6 Å². The summed E-state index contributed by atoms with van der Waals surface area (Å²) in [7, 11) is -0.731. The van der Waals surface area contributed by atoms with E-state index in [-0.39, 0.29) is 12.1 Å². The number of hydrogen-bond donors (Lipinski definition) is 1. The van der Waals surface area contributed by atoms with Gasteiger partial charge in [-0.25, -0.2) is 13.6 Å². The lowest BCUT2D eigenvalue weighted by atomic mass is 9.77. The molecule has 1 aliphatic rings. The van der Waals surface area contributed by atoms with E-state index in [1.54, 1.807) is 39.0 Å². The molecule has 1 fully saturated rings. The third-order valence-corrected chi connectivity index (χ3v) is 4.91. The van der Waals surface area contributed by atoms with Gasteiger partial charge in [0.25, 0.3) is 6.43 Å². The van der Waals surface area contributed by atoms with Crippen molar-refractivity contribution in [2.24, 2.45) is 0 Å². The van der Waals surface area contributed by atoms with Crippen LogP contribution < -0.4 is 5.32 Å². The Balaban J connectivity index is 2.29. The fraction of sp³-hybridized carbons (Fsp3) is 0.571. The summed E-state index contributed by atoms with van der Waals surface area (Å²) in [6.45, 7) is 13.1. The minimum Gasteiger partial charge on any atom is -0.444 e. The highest BCUT2D eigenvalue weighted by Gasteiger charge is 2.52. The van der Waals surface area contributed by atoms with Crippen LogP contribution >= 0.6 is 0 Å². The van der Waals surface area contributed by atoms with Gasteiger partial charge in [-0.1, -0.05) is 24.3 Å². The number of carbonyl (C=O) groups is 1. The molecule has 1 amide bonds. The SMILES string of the molecule is CC(C)(C)OC(=O)NCC(=Cc1cccc(C(F)F)c1)B1OC(C)(C)C(C)(C)O1. The molecule has 0 saturated carbocycles. The Labute approximate surface area is 171 Å². The summed E-state index contributed by atoms with van der Waals surface area (Å²) in [5.74, 6) is 0. The van der Waals surface area contributed by atoms with Crippen LogP contribution in [-0.2, 0) is 14.0 Å². The largest absolute Gasteiger partial charge is 0.492 e. The number of ether oxygens (including phenoxy) is 1. The average Bonchev–Trinajstić information content (AvgIpc) is 2.77. The van der Waals surface area contributed by atoms with Gasteiger partial charge in [0.1, 0.15) is 5.60 Å². The van der Waals surface area contributed by atoms with Crippen LogP contribution in [0.2, 0.25) is 0 Å². The zero-order valence-corrected chi connectivity index (χ0v) is 18.1. The van der Waals surface area contributed by atoms with Gasteiger partial charge in [-0.3, -0.25) is 0 Å². The molecule has 1 aromatic rings. The number of alkyl halides is 2. The van der Waals surface area contributed by atoms with Crippen molar-refractivity contribution in [3.05, 3.63) is 40.9 Å². The highest BCUT2D eigenvalue weighted by molar-refractivity contribution is 6.56. The van der Waals surface area contributed by atoms with Crippen LogP contribution in [0.4, 0.5) is 13.6 Å². The Morgan fingerprint density at radius 1 is 1.21 bits per heavy atom. The molecule has 1 N–H and O–H groups in total. The first-order valence-corrected chi connectivity index (χ1v) is 9.61. The van der Waals surface area contributed by atoms with Gasteiger partial charge in [0.05, 0.1) is 11.2 Å². The number of amides is 1. The molecule has 0 radical (unpaired) electrons. The summed E-state index contributed by atoms with van der Waals surface area (Å²) in [6.07, 6.45) is -1.45. The van der Waals surface area contributed by atoms with Crippen LogP contribution in [0, 0.1) is 0 Å². The molecule has 1 aromatic carbocycles. The third-order valence-electron chi connectivity index (χ3n) is 4.91. The second-order valence-electron chi connectivity index (χ2n) is 9.13. The molecule has 0 unspecified atom stereocenters. The number of benzene rings is 1. The molecule has 0 spiro atoms. The van der Waals surface area contributed by atoms with E-state index in [2.05, 4.69) is 5.32 Å². The lowest BCUT2D eigenvalue weighted by Crippen LogP contribution is -2.41. The molecule has 0 bridgehead atoms.